The molecular weight excluding hydrogens is 373 g/mol. The average Bonchev–Trinajstić information content (AvgIpc) is 3.27. The van der Waals surface area contributed by atoms with Crippen LogP contribution in [0.25, 0.3) is 16.4 Å². The van der Waals surface area contributed by atoms with E-state index in [0.29, 0.717) is 33.3 Å². The Balaban J connectivity index is 0.00000117. The zero-order valence-electron chi connectivity index (χ0n) is 17.2. The number of fused-ring (bicyclic) bond motifs is 2. The predicted octanol–water partition coefficient (Wildman–Crippen LogP) is 5.57. The van der Waals surface area contributed by atoms with Gasteiger partial charge in [-0.05, 0) is 44.5 Å². The molecule has 0 saturated carbocycles. The van der Waals surface area contributed by atoms with Gasteiger partial charge in [-0.3, -0.25) is 0 Å². The summed E-state index contributed by atoms with van der Waals surface area (Å²) in [5, 5.41) is 4.68. The summed E-state index contributed by atoms with van der Waals surface area (Å²) in [6, 6.07) is 6.73. The number of aromatic nitrogens is 3. The van der Waals surface area contributed by atoms with Gasteiger partial charge in [0.25, 0.3) is 0 Å². The van der Waals surface area contributed by atoms with E-state index in [-0.39, 0.29) is 12.4 Å². The van der Waals surface area contributed by atoms with Gasteiger partial charge in [-0.25, -0.2) is 13.7 Å². The fourth-order valence-corrected chi connectivity index (χ4v) is 3.21. The van der Waals surface area contributed by atoms with Gasteiger partial charge in [-0.1, -0.05) is 13.8 Å². The Morgan fingerprint density at radius 2 is 1.97 bits per heavy atom. The third kappa shape index (κ3) is 3.68. The molecule has 0 fully saturated rings. The highest BCUT2D eigenvalue weighted by molar-refractivity contribution is 5.94. The molecule has 0 aliphatic carbocycles. The first kappa shape index (κ1) is 20.4. The summed E-state index contributed by atoms with van der Waals surface area (Å²) < 4.78 is 27.4. The van der Waals surface area contributed by atoms with Crippen LogP contribution in [0.2, 0.25) is 0 Å². The fourth-order valence-electron chi connectivity index (χ4n) is 3.21. The molecule has 0 aliphatic rings. The van der Waals surface area contributed by atoms with Crippen LogP contribution in [0.5, 0.6) is 11.5 Å². The van der Waals surface area contributed by atoms with Gasteiger partial charge in [-0.2, -0.15) is 5.10 Å². The van der Waals surface area contributed by atoms with Crippen LogP contribution in [0.4, 0.5) is 4.39 Å². The van der Waals surface area contributed by atoms with Crippen molar-refractivity contribution in [3.63, 3.8) is 0 Å². The molecule has 3 aromatic heterocycles. The number of aromatic amines is 1. The van der Waals surface area contributed by atoms with Gasteiger partial charge in [0.1, 0.15) is 5.52 Å². The van der Waals surface area contributed by atoms with E-state index in [1.165, 1.54) is 10.7 Å². The summed E-state index contributed by atoms with van der Waals surface area (Å²) in [5.41, 5.74) is 3.23. The number of hydrogen-bond acceptors (Lipinski definition) is 4. The van der Waals surface area contributed by atoms with E-state index < -0.39 is 11.8 Å². The van der Waals surface area contributed by atoms with Crippen molar-refractivity contribution < 1.29 is 18.7 Å². The van der Waals surface area contributed by atoms with Gasteiger partial charge in [0.2, 0.25) is 0 Å². The van der Waals surface area contributed by atoms with E-state index in [4.69, 9.17) is 9.47 Å². The van der Waals surface area contributed by atoms with E-state index in [9.17, 15) is 9.18 Å². The van der Waals surface area contributed by atoms with E-state index in [2.05, 4.69) is 10.1 Å². The Morgan fingerprint density at radius 1 is 1.21 bits per heavy atom. The maximum Gasteiger partial charge on any atom is 0.340 e. The standard InChI is InChI=1S/C20H18FN3O3.C2H6/c1-4-26-20(25)14-10-24-19(12(14)3)17(7-8-22-24)27-16-6-5-15-13(18(16)21)9-11(2)23-15;1-2/h5-10,23H,4H2,1-3H3;1-2H3. The van der Waals surface area contributed by atoms with Crippen molar-refractivity contribution in [2.24, 2.45) is 0 Å². The average molecular weight is 397 g/mol. The number of halogens is 1. The van der Waals surface area contributed by atoms with E-state index in [0.717, 1.165) is 5.69 Å². The maximum atomic E-state index is 14.9. The second-order valence-corrected chi connectivity index (χ2v) is 6.27. The molecular formula is C22H24FN3O3. The predicted molar refractivity (Wildman–Crippen MR) is 110 cm³/mol. The number of rotatable bonds is 4. The molecule has 0 saturated heterocycles. The molecule has 0 amide bonds. The largest absolute Gasteiger partial charge is 0.462 e. The van der Waals surface area contributed by atoms with Gasteiger partial charge in [0, 0.05) is 28.9 Å². The molecule has 0 bridgehead atoms. The third-order valence-electron chi connectivity index (χ3n) is 4.44. The van der Waals surface area contributed by atoms with Crippen LogP contribution >= 0.6 is 0 Å². The quantitative estimate of drug-likeness (QED) is 0.457. The number of aryl methyl sites for hydroxylation is 2. The molecule has 0 spiro atoms. The van der Waals surface area contributed by atoms with Gasteiger partial charge in [-0.15, -0.1) is 0 Å². The Bertz CT molecular complexity index is 1180. The summed E-state index contributed by atoms with van der Waals surface area (Å²) in [6.45, 7) is 9.68. The number of ether oxygens (including phenoxy) is 2. The lowest BCUT2D eigenvalue weighted by Gasteiger charge is -2.09. The molecule has 1 N–H and O–H groups in total. The number of carbonyl (C=O) groups is 1. The molecule has 0 aliphatic heterocycles. The van der Waals surface area contributed by atoms with Crippen molar-refractivity contribution >= 4 is 22.4 Å². The van der Waals surface area contributed by atoms with Gasteiger partial charge >= 0.3 is 5.97 Å². The molecule has 1 aromatic carbocycles. The Kier molecular flexibility index (Phi) is 5.87. The van der Waals surface area contributed by atoms with E-state index in [1.807, 2.05) is 20.8 Å². The molecule has 4 aromatic rings. The monoisotopic (exact) mass is 397 g/mol. The number of carbonyl (C=O) groups excluding carboxylic acids is 1. The van der Waals surface area contributed by atoms with Gasteiger partial charge in [0.15, 0.2) is 17.3 Å². The lowest BCUT2D eigenvalue weighted by atomic mass is 10.2. The Labute approximate surface area is 168 Å². The zero-order chi connectivity index (χ0) is 21.1. The maximum absolute atomic E-state index is 14.9. The summed E-state index contributed by atoms with van der Waals surface area (Å²) in [4.78, 5) is 15.2. The number of H-pyrrole nitrogens is 1. The van der Waals surface area contributed by atoms with Crippen molar-refractivity contribution in [3.8, 4) is 11.5 Å². The summed E-state index contributed by atoms with van der Waals surface area (Å²) in [7, 11) is 0. The third-order valence-corrected chi connectivity index (χ3v) is 4.44. The minimum Gasteiger partial charge on any atom is -0.462 e. The smallest absolute Gasteiger partial charge is 0.340 e. The van der Waals surface area contributed by atoms with Gasteiger partial charge < -0.3 is 14.5 Å². The molecule has 0 atom stereocenters. The Hall–Kier alpha value is -3.35. The van der Waals surface area contributed by atoms with Crippen LogP contribution in [-0.4, -0.2) is 27.2 Å². The van der Waals surface area contributed by atoms with Crippen molar-refractivity contribution in [2.75, 3.05) is 6.61 Å². The van der Waals surface area contributed by atoms with Crippen LogP contribution in [0, 0.1) is 19.7 Å². The van der Waals surface area contributed by atoms with Crippen LogP contribution in [0.3, 0.4) is 0 Å². The second kappa shape index (κ2) is 8.34. The topological polar surface area (TPSA) is 68.6 Å². The molecule has 0 unspecified atom stereocenters. The SMILES string of the molecule is CC.CCOC(=O)c1cn2nccc(Oc3ccc4[nH]c(C)cc4c3F)c2c1C. The number of esters is 1. The number of hydrogen-bond donors (Lipinski definition) is 1. The molecule has 6 nitrogen and oxygen atoms in total. The Morgan fingerprint density at radius 3 is 2.69 bits per heavy atom. The van der Waals surface area contributed by atoms with Crippen molar-refractivity contribution in [1.82, 2.24) is 14.6 Å². The first-order valence-electron chi connectivity index (χ1n) is 9.59. The minimum absolute atomic E-state index is 0.105. The van der Waals surface area contributed by atoms with Crippen molar-refractivity contribution in [2.45, 2.75) is 34.6 Å². The highest BCUT2D eigenvalue weighted by Crippen LogP contribution is 2.34. The van der Waals surface area contributed by atoms with Crippen LogP contribution < -0.4 is 4.74 Å². The van der Waals surface area contributed by atoms with E-state index in [1.54, 1.807) is 44.3 Å². The molecule has 7 heteroatoms. The van der Waals surface area contributed by atoms with Crippen LogP contribution in [0.1, 0.15) is 42.4 Å². The molecule has 29 heavy (non-hydrogen) atoms. The summed E-state index contributed by atoms with van der Waals surface area (Å²) >= 11 is 0. The highest BCUT2D eigenvalue weighted by atomic mass is 19.1. The lowest BCUT2D eigenvalue weighted by molar-refractivity contribution is 0.0525. The highest BCUT2D eigenvalue weighted by Gasteiger charge is 2.20. The lowest BCUT2D eigenvalue weighted by Crippen LogP contribution is -2.04. The van der Waals surface area contributed by atoms with Crippen LogP contribution in [0.15, 0.2) is 36.7 Å². The second-order valence-electron chi connectivity index (χ2n) is 6.27. The summed E-state index contributed by atoms with van der Waals surface area (Å²) in [5.74, 6) is -0.361. The molecule has 3 heterocycles. The number of nitrogens with zero attached hydrogens (tertiary/aromatic N) is 2. The first-order valence-corrected chi connectivity index (χ1v) is 9.59. The fraction of sp³-hybridized carbons (Fsp3) is 0.273. The number of benzene rings is 1. The molecule has 4 rings (SSSR count). The summed E-state index contributed by atoms with van der Waals surface area (Å²) in [6.07, 6.45) is 3.12. The van der Waals surface area contributed by atoms with E-state index >= 15 is 0 Å². The normalized spacial score (nSPS) is 10.7. The van der Waals surface area contributed by atoms with Gasteiger partial charge in [0.05, 0.1) is 18.4 Å². The molecule has 0 radical (unpaired) electrons. The molecule has 152 valence electrons. The van der Waals surface area contributed by atoms with Crippen molar-refractivity contribution in [1.29, 1.82) is 0 Å². The zero-order valence-corrected chi connectivity index (χ0v) is 17.2. The number of nitrogens with one attached hydrogen (secondary N) is 1. The minimum atomic E-state index is -0.443. The first-order chi connectivity index (χ1) is 14.0. The van der Waals surface area contributed by atoms with Crippen molar-refractivity contribution in [3.05, 3.63) is 59.3 Å². The van der Waals surface area contributed by atoms with Crippen LogP contribution in [-0.2, 0) is 4.74 Å².